The SMILES string of the molecule is CCC(=O)c1ccn(Cc2cnoc2)c1. The van der Waals surface area contributed by atoms with Gasteiger partial charge in [0.2, 0.25) is 0 Å². The first kappa shape index (κ1) is 9.71. The van der Waals surface area contributed by atoms with Gasteiger partial charge in [0.05, 0.1) is 12.7 Å². The summed E-state index contributed by atoms with van der Waals surface area (Å²) in [4.78, 5) is 11.4. The second-order valence-electron chi connectivity index (χ2n) is 3.38. The highest BCUT2D eigenvalue weighted by molar-refractivity contribution is 5.95. The Morgan fingerprint density at radius 2 is 2.47 bits per heavy atom. The van der Waals surface area contributed by atoms with E-state index in [1.165, 1.54) is 0 Å². The fraction of sp³-hybridized carbons (Fsp3) is 0.273. The van der Waals surface area contributed by atoms with E-state index in [-0.39, 0.29) is 5.78 Å². The van der Waals surface area contributed by atoms with Crippen LogP contribution in [0.5, 0.6) is 0 Å². The van der Waals surface area contributed by atoms with Crippen LogP contribution in [0.15, 0.2) is 35.4 Å². The lowest BCUT2D eigenvalue weighted by Crippen LogP contribution is -1.97. The van der Waals surface area contributed by atoms with Gasteiger partial charge in [0.25, 0.3) is 0 Å². The van der Waals surface area contributed by atoms with E-state index in [2.05, 4.69) is 5.16 Å². The molecule has 0 aromatic carbocycles. The zero-order valence-electron chi connectivity index (χ0n) is 8.51. The van der Waals surface area contributed by atoms with Crippen molar-refractivity contribution >= 4 is 5.78 Å². The summed E-state index contributed by atoms with van der Waals surface area (Å²) in [5.74, 6) is 0.166. The van der Waals surface area contributed by atoms with E-state index in [1.807, 2.05) is 30.0 Å². The number of hydrogen-bond acceptors (Lipinski definition) is 3. The maximum Gasteiger partial charge on any atom is 0.164 e. The van der Waals surface area contributed by atoms with Crippen LogP contribution in [0.4, 0.5) is 0 Å². The second kappa shape index (κ2) is 4.13. The fourth-order valence-corrected chi connectivity index (χ4v) is 1.42. The highest BCUT2D eigenvalue weighted by Gasteiger charge is 2.05. The lowest BCUT2D eigenvalue weighted by atomic mass is 10.2. The van der Waals surface area contributed by atoms with Gasteiger partial charge in [0.1, 0.15) is 6.26 Å². The molecule has 0 bridgehead atoms. The van der Waals surface area contributed by atoms with Gasteiger partial charge in [-0.2, -0.15) is 0 Å². The van der Waals surface area contributed by atoms with Crippen LogP contribution in [0.1, 0.15) is 29.3 Å². The summed E-state index contributed by atoms with van der Waals surface area (Å²) in [6.07, 6.45) is 7.54. The van der Waals surface area contributed by atoms with Gasteiger partial charge in [0.15, 0.2) is 5.78 Å². The van der Waals surface area contributed by atoms with E-state index in [9.17, 15) is 4.79 Å². The summed E-state index contributed by atoms with van der Waals surface area (Å²) in [7, 11) is 0. The molecule has 2 heterocycles. The van der Waals surface area contributed by atoms with Crippen molar-refractivity contribution in [2.45, 2.75) is 19.9 Å². The molecule has 2 aromatic rings. The highest BCUT2D eigenvalue weighted by atomic mass is 16.5. The Bertz CT molecular complexity index is 443. The van der Waals surface area contributed by atoms with Gasteiger partial charge in [-0.3, -0.25) is 4.79 Å². The molecule has 0 fully saturated rings. The molecule has 15 heavy (non-hydrogen) atoms. The molecule has 0 N–H and O–H groups in total. The Kier molecular flexibility index (Phi) is 2.67. The topological polar surface area (TPSA) is 48.0 Å². The van der Waals surface area contributed by atoms with Crippen LogP contribution in [0.3, 0.4) is 0 Å². The maximum atomic E-state index is 11.4. The zero-order valence-corrected chi connectivity index (χ0v) is 8.51. The number of ketones is 1. The number of carbonyl (C=O) groups excluding carboxylic acids is 1. The van der Waals surface area contributed by atoms with E-state index < -0.39 is 0 Å². The minimum Gasteiger partial charge on any atom is -0.364 e. The first-order chi connectivity index (χ1) is 7.29. The molecule has 0 saturated heterocycles. The summed E-state index contributed by atoms with van der Waals surface area (Å²) in [5.41, 5.74) is 1.75. The molecular formula is C11H12N2O2. The molecule has 2 aromatic heterocycles. The molecule has 2 rings (SSSR count). The predicted octanol–water partition coefficient (Wildman–Crippen LogP) is 2.12. The van der Waals surface area contributed by atoms with Gasteiger partial charge in [-0.15, -0.1) is 0 Å². The monoisotopic (exact) mass is 204 g/mol. The molecule has 4 heteroatoms. The van der Waals surface area contributed by atoms with Crippen LogP contribution in [-0.2, 0) is 6.54 Å². The van der Waals surface area contributed by atoms with E-state index in [4.69, 9.17) is 4.52 Å². The minimum absolute atomic E-state index is 0.166. The van der Waals surface area contributed by atoms with E-state index in [0.717, 1.165) is 11.1 Å². The molecule has 0 amide bonds. The van der Waals surface area contributed by atoms with Crippen molar-refractivity contribution in [3.63, 3.8) is 0 Å². The Hall–Kier alpha value is -1.84. The van der Waals surface area contributed by atoms with Crippen molar-refractivity contribution in [1.82, 2.24) is 9.72 Å². The molecule has 0 atom stereocenters. The van der Waals surface area contributed by atoms with Crippen LogP contribution in [0, 0.1) is 0 Å². The van der Waals surface area contributed by atoms with Crippen molar-refractivity contribution in [3.05, 3.63) is 42.0 Å². The van der Waals surface area contributed by atoms with Gasteiger partial charge in [-0.05, 0) is 6.07 Å². The minimum atomic E-state index is 0.166. The Morgan fingerprint density at radius 1 is 1.60 bits per heavy atom. The molecule has 78 valence electrons. The van der Waals surface area contributed by atoms with Crippen LogP contribution >= 0.6 is 0 Å². The molecule has 4 nitrogen and oxygen atoms in total. The average molecular weight is 204 g/mol. The molecular weight excluding hydrogens is 192 g/mol. The van der Waals surface area contributed by atoms with Gasteiger partial charge in [-0.1, -0.05) is 12.1 Å². The van der Waals surface area contributed by atoms with Crippen LogP contribution < -0.4 is 0 Å². The number of Topliss-reactive ketones (excluding diaryl/α,β-unsaturated/α-hetero) is 1. The van der Waals surface area contributed by atoms with E-state index in [1.54, 1.807) is 12.5 Å². The third-order valence-corrected chi connectivity index (χ3v) is 2.24. The van der Waals surface area contributed by atoms with Gasteiger partial charge in [0, 0.05) is 29.9 Å². The highest BCUT2D eigenvalue weighted by Crippen LogP contribution is 2.07. The molecule has 0 saturated carbocycles. The molecule has 0 aliphatic heterocycles. The Morgan fingerprint density at radius 3 is 3.13 bits per heavy atom. The lowest BCUT2D eigenvalue weighted by Gasteiger charge is -1.97. The third-order valence-electron chi connectivity index (χ3n) is 2.24. The first-order valence-corrected chi connectivity index (χ1v) is 4.87. The quantitative estimate of drug-likeness (QED) is 0.716. The van der Waals surface area contributed by atoms with Crippen LogP contribution in [-0.4, -0.2) is 15.5 Å². The number of nitrogens with zero attached hydrogens (tertiary/aromatic N) is 2. The summed E-state index contributed by atoms with van der Waals surface area (Å²) in [5, 5.41) is 3.62. The average Bonchev–Trinajstić information content (AvgIpc) is 2.88. The van der Waals surface area contributed by atoms with E-state index >= 15 is 0 Å². The first-order valence-electron chi connectivity index (χ1n) is 4.87. The summed E-state index contributed by atoms with van der Waals surface area (Å²) >= 11 is 0. The van der Waals surface area contributed by atoms with Crippen molar-refractivity contribution in [2.24, 2.45) is 0 Å². The normalized spacial score (nSPS) is 10.5. The summed E-state index contributed by atoms with van der Waals surface area (Å²) in [6.45, 7) is 2.54. The molecule has 0 unspecified atom stereocenters. The van der Waals surface area contributed by atoms with Crippen molar-refractivity contribution < 1.29 is 9.32 Å². The smallest absolute Gasteiger partial charge is 0.164 e. The molecule has 0 aliphatic rings. The largest absolute Gasteiger partial charge is 0.364 e. The summed E-state index contributed by atoms with van der Waals surface area (Å²) in [6, 6.07) is 1.83. The van der Waals surface area contributed by atoms with Crippen molar-refractivity contribution in [1.29, 1.82) is 0 Å². The van der Waals surface area contributed by atoms with E-state index in [0.29, 0.717) is 13.0 Å². The van der Waals surface area contributed by atoms with Crippen molar-refractivity contribution in [3.8, 4) is 0 Å². The van der Waals surface area contributed by atoms with Gasteiger partial charge < -0.3 is 9.09 Å². The number of rotatable bonds is 4. The second-order valence-corrected chi connectivity index (χ2v) is 3.38. The third kappa shape index (κ3) is 2.15. The molecule has 0 aliphatic carbocycles. The number of aromatic nitrogens is 2. The molecule has 0 radical (unpaired) electrons. The summed E-state index contributed by atoms with van der Waals surface area (Å²) < 4.78 is 6.67. The van der Waals surface area contributed by atoms with Gasteiger partial charge >= 0.3 is 0 Å². The Labute approximate surface area is 87.5 Å². The fourth-order valence-electron chi connectivity index (χ4n) is 1.42. The lowest BCUT2D eigenvalue weighted by molar-refractivity contribution is 0.0988. The standard InChI is InChI=1S/C11H12N2O2/c1-2-11(14)10-3-4-13(7-10)6-9-5-12-15-8-9/h3-5,7-8H,2,6H2,1H3. The predicted molar refractivity (Wildman–Crippen MR) is 54.7 cm³/mol. The Balaban J connectivity index is 2.11. The zero-order chi connectivity index (χ0) is 10.7. The van der Waals surface area contributed by atoms with Crippen molar-refractivity contribution in [2.75, 3.05) is 0 Å². The van der Waals surface area contributed by atoms with Gasteiger partial charge in [-0.25, -0.2) is 0 Å². The number of carbonyl (C=O) groups is 1. The van der Waals surface area contributed by atoms with Crippen LogP contribution in [0.2, 0.25) is 0 Å². The maximum absolute atomic E-state index is 11.4. The molecule has 0 spiro atoms. The van der Waals surface area contributed by atoms with Crippen LogP contribution in [0.25, 0.3) is 0 Å². The number of hydrogen-bond donors (Lipinski definition) is 0.